The van der Waals surface area contributed by atoms with Gasteiger partial charge in [-0.3, -0.25) is 9.59 Å². The van der Waals surface area contributed by atoms with E-state index in [4.69, 9.17) is 4.52 Å². The lowest BCUT2D eigenvalue weighted by Gasteiger charge is -2.16. The van der Waals surface area contributed by atoms with Gasteiger partial charge in [0.05, 0.1) is 0 Å². The maximum Gasteiger partial charge on any atom is 0.257 e. The lowest BCUT2D eigenvalue weighted by atomic mass is 10.1. The van der Waals surface area contributed by atoms with E-state index in [1.165, 1.54) is 34.7 Å². The summed E-state index contributed by atoms with van der Waals surface area (Å²) >= 11 is 0. The van der Waals surface area contributed by atoms with Gasteiger partial charge < -0.3 is 14.7 Å². The van der Waals surface area contributed by atoms with Crippen molar-refractivity contribution in [3.05, 3.63) is 107 Å². The fourth-order valence-electron chi connectivity index (χ4n) is 3.66. The van der Waals surface area contributed by atoms with Crippen molar-refractivity contribution in [3.8, 4) is 11.5 Å². The van der Waals surface area contributed by atoms with Crippen molar-refractivity contribution in [1.29, 1.82) is 0 Å². The third-order valence-electron chi connectivity index (χ3n) is 5.74. The second-order valence-electron chi connectivity index (χ2n) is 8.42. The fourth-order valence-corrected chi connectivity index (χ4v) is 3.66. The van der Waals surface area contributed by atoms with Crippen LogP contribution >= 0.6 is 0 Å². The minimum Gasteiger partial charge on any atom is -0.352 e. The summed E-state index contributed by atoms with van der Waals surface area (Å²) in [5.74, 6) is 0.0692. The highest BCUT2D eigenvalue weighted by atomic mass is 19.1. The van der Waals surface area contributed by atoms with Crippen molar-refractivity contribution < 1.29 is 18.5 Å². The SMILES string of the molecule is CN(CCc1noc(-c2ccc(C(=O)NCCCc3ccccc3)cc2)n1)C(=O)c1ccc(F)cc1. The van der Waals surface area contributed by atoms with Crippen LogP contribution in [0, 0.1) is 5.82 Å². The number of rotatable bonds is 10. The zero-order chi connectivity index (χ0) is 25.3. The maximum absolute atomic E-state index is 13.1. The molecule has 0 saturated heterocycles. The molecule has 0 bridgehead atoms. The monoisotopic (exact) mass is 486 g/mol. The molecule has 1 N–H and O–H groups in total. The lowest BCUT2D eigenvalue weighted by molar-refractivity contribution is 0.0795. The summed E-state index contributed by atoms with van der Waals surface area (Å²) in [5, 5.41) is 6.93. The Bertz CT molecular complexity index is 1290. The summed E-state index contributed by atoms with van der Waals surface area (Å²) in [4.78, 5) is 30.8. The number of amides is 2. The van der Waals surface area contributed by atoms with Crippen LogP contribution in [0.5, 0.6) is 0 Å². The predicted octanol–water partition coefficient (Wildman–Crippen LogP) is 4.55. The zero-order valence-electron chi connectivity index (χ0n) is 20.0. The summed E-state index contributed by atoms with van der Waals surface area (Å²) in [6.45, 7) is 0.971. The number of carbonyl (C=O) groups is 2. The molecule has 0 spiro atoms. The summed E-state index contributed by atoms with van der Waals surface area (Å²) in [6, 6.07) is 22.6. The van der Waals surface area contributed by atoms with Crippen molar-refractivity contribution in [3.63, 3.8) is 0 Å². The van der Waals surface area contributed by atoms with E-state index in [9.17, 15) is 14.0 Å². The molecule has 8 heteroatoms. The number of aryl methyl sites for hydroxylation is 1. The van der Waals surface area contributed by atoms with Crippen LogP contribution < -0.4 is 5.32 Å². The maximum atomic E-state index is 13.1. The fraction of sp³-hybridized carbons (Fsp3) is 0.214. The molecule has 3 aromatic carbocycles. The molecule has 1 aromatic heterocycles. The van der Waals surface area contributed by atoms with Crippen LogP contribution in [0.3, 0.4) is 0 Å². The first-order valence-corrected chi connectivity index (χ1v) is 11.8. The molecule has 0 atom stereocenters. The van der Waals surface area contributed by atoms with Gasteiger partial charge in [0.1, 0.15) is 5.82 Å². The molecule has 1 heterocycles. The molecule has 4 rings (SSSR count). The number of halogens is 1. The van der Waals surface area contributed by atoms with Crippen molar-refractivity contribution in [2.45, 2.75) is 19.3 Å². The first-order valence-electron chi connectivity index (χ1n) is 11.8. The van der Waals surface area contributed by atoms with Gasteiger partial charge >= 0.3 is 0 Å². The largest absolute Gasteiger partial charge is 0.352 e. The van der Waals surface area contributed by atoms with E-state index in [0.29, 0.717) is 47.9 Å². The number of nitrogens with one attached hydrogen (secondary N) is 1. The Labute approximate surface area is 209 Å². The molecule has 4 aromatic rings. The first-order chi connectivity index (χ1) is 17.5. The summed E-state index contributed by atoms with van der Waals surface area (Å²) in [6.07, 6.45) is 2.18. The van der Waals surface area contributed by atoms with Gasteiger partial charge in [-0.25, -0.2) is 4.39 Å². The Balaban J connectivity index is 1.25. The Kier molecular flexibility index (Phi) is 8.18. The van der Waals surface area contributed by atoms with Gasteiger partial charge in [0.25, 0.3) is 17.7 Å². The summed E-state index contributed by atoms with van der Waals surface area (Å²) in [7, 11) is 1.66. The standard InChI is InChI=1S/C28H27FN4O3/c1-33(28(35)23-13-15-24(29)16-14-23)19-17-25-31-27(36-32-25)22-11-9-21(10-12-22)26(34)30-18-5-8-20-6-3-2-4-7-20/h2-4,6-7,9-16H,5,8,17-19H2,1H3,(H,30,34). The number of benzene rings is 3. The van der Waals surface area contributed by atoms with E-state index in [1.807, 2.05) is 18.2 Å². The molecule has 0 saturated carbocycles. The highest BCUT2D eigenvalue weighted by molar-refractivity contribution is 5.94. The molecule has 0 aliphatic heterocycles. The smallest absolute Gasteiger partial charge is 0.257 e. The van der Waals surface area contributed by atoms with E-state index in [-0.39, 0.29) is 17.6 Å². The van der Waals surface area contributed by atoms with Crippen LogP contribution in [0.1, 0.15) is 38.5 Å². The van der Waals surface area contributed by atoms with Crippen molar-refractivity contribution >= 4 is 11.8 Å². The van der Waals surface area contributed by atoms with Gasteiger partial charge in [-0.05, 0) is 66.9 Å². The van der Waals surface area contributed by atoms with Gasteiger partial charge in [0.15, 0.2) is 5.82 Å². The molecule has 0 fully saturated rings. The second-order valence-corrected chi connectivity index (χ2v) is 8.42. The van der Waals surface area contributed by atoms with E-state index >= 15 is 0 Å². The van der Waals surface area contributed by atoms with Crippen molar-refractivity contribution in [1.82, 2.24) is 20.4 Å². The number of nitrogens with zero attached hydrogens (tertiary/aromatic N) is 3. The molecule has 2 amide bonds. The Morgan fingerprint density at radius 3 is 2.33 bits per heavy atom. The van der Waals surface area contributed by atoms with Gasteiger partial charge in [-0.1, -0.05) is 35.5 Å². The van der Waals surface area contributed by atoms with E-state index in [2.05, 4.69) is 27.6 Å². The van der Waals surface area contributed by atoms with Gasteiger partial charge in [-0.2, -0.15) is 4.98 Å². The molecule has 0 aliphatic rings. The van der Waals surface area contributed by atoms with Crippen LogP contribution in [0.2, 0.25) is 0 Å². The van der Waals surface area contributed by atoms with Crippen LogP contribution in [-0.4, -0.2) is 47.0 Å². The van der Waals surface area contributed by atoms with Gasteiger partial charge in [-0.15, -0.1) is 0 Å². The average molecular weight is 487 g/mol. The molecule has 0 aliphatic carbocycles. The van der Waals surface area contributed by atoms with Crippen molar-refractivity contribution in [2.75, 3.05) is 20.1 Å². The quantitative estimate of drug-likeness (QED) is 0.332. The Morgan fingerprint density at radius 2 is 1.61 bits per heavy atom. The molecule has 0 unspecified atom stereocenters. The first kappa shape index (κ1) is 24.8. The molecular weight excluding hydrogens is 459 g/mol. The predicted molar refractivity (Wildman–Crippen MR) is 134 cm³/mol. The molecule has 184 valence electrons. The van der Waals surface area contributed by atoms with Crippen LogP contribution in [0.15, 0.2) is 83.4 Å². The minimum atomic E-state index is -0.388. The molecule has 0 radical (unpaired) electrons. The number of hydrogen-bond acceptors (Lipinski definition) is 5. The molecule has 36 heavy (non-hydrogen) atoms. The highest BCUT2D eigenvalue weighted by Crippen LogP contribution is 2.18. The zero-order valence-corrected chi connectivity index (χ0v) is 20.0. The van der Waals surface area contributed by atoms with Gasteiger partial charge in [0, 0.05) is 43.2 Å². The molecular formula is C28H27FN4O3. The number of carbonyl (C=O) groups excluding carboxylic acids is 2. The summed E-state index contributed by atoms with van der Waals surface area (Å²) in [5.41, 5.74) is 2.92. The highest BCUT2D eigenvalue weighted by Gasteiger charge is 2.15. The normalized spacial score (nSPS) is 10.7. The Hall–Kier alpha value is -4.33. The third-order valence-corrected chi connectivity index (χ3v) is 5.74. The van der Waals surface area contributed by atoms with E-state index in [1.54, 1.807) is 31.3 Å². The third kappa shape index (κ3) is 6.63. The second kappa shape index (κ2) is 11.9. The lowest BCUT2D eigenvalue weighted by Crippen LogP contribution is -2.29. The van der Waals surface area contributed by atoms with Crippen LogP contribution in [0.4, 0.5) is 4.39 Å². The van der Waals surface area contributed by atoms with E-state index < -0.39 is 0 Å². The van der Waals surface area contributed by atoms with Crippen LogP contribution in [-0.2, 0) is 12.8 Å². The molecule has 7 nitrogen and oxygen atoms in total. The number of aromatic nitrogens is 2. The van der Waals surface area contributed by atoms with E-state index in [0.717, 1.165) is 12.8 Å². The minimum absolute atomic E-state index is 0.130. The van der Waals surface area contributed by atoms with Crippen molar-refractivity contribution in [2.24, 2.45) is 0 Å². The average Bonchev–Trinajstić information content (AvgIpc) is 3.39. The topological polar surface area (TPSA) is 88.3 Å². The number of hydrogen-bond donors (Lipinski definition) is 1. The number of likely N-dealkylation sites (N-methyl/N-ethyl adjacent to an activating group) is 1. The summed E-state index contributed by atoms with van der Waals surface area (Å²) < 4.78 is 18.4. The Morgan fingerprint density at radius 1 is 0.917 bits per heavy atom. The van der Waals surface area contributed by atoms with Gasteiger partial charge in [0.2, 0.25) is 0 Å². The van der Waals surface area contributed by atoms with Crippen LogP contribution in [0.25, 0.3) is 11.5 Å².